The van der Waals surface area contributed by atoms with E-state index in [1.165, 1.54) is 0 Å². The number of nitrogens with zero attached hydrogens (tertiary/aromatic N) is 1. The third-order valence-electron chi connectivity index (χ3n) is 2.79. The van der Waals surface area contributed by atoms with Crippen molar-refractivity contribution < 1.29 is 14.7 Å². The van der Waals surface area contributed by atoms with Crippen molar-refractivity contribution in [2.75, 3.05) is 13.2 Å². The Kier molecular flexibility index (Phi) is 4.28. The van der Waals surface area contributed by atoms with Crippen LogP contribution in [0.15, 0.2) is 23.4 Å². The van der Waals surface area contributed by atoms with Crippen LogP contribution in [0.1, 0.15) is 18.4 Å². The van der Waals surface area contributed by atoms with E-state index in [2.05, 4.69) is 5.16 Å². The third kappa shape index (κ3) is 3.05. The first-order valence-electron chi connectivity index (χ1n) is 5.72. The lowest BCUT2D eigenvalue weighted by atomic mass is 10.1. The Hall–Kier alpha value is -1.46. The Balaban J connectivity index is 2.20. The van der Waals surface area contributed by atoms with Crippen LogP contribution in [0.2, 0.25) is 5.02 Å². The van der Waals surface area contributed by atoms with E-state index in [0.717, 1.165) is 12.8 Å². The summed E-state index contributed by atoms with van der Waals surface area (Å²) in [4.78, 5) is 0. The summed E-state index contributed by atoms with van der Waals surface area (Å²) in [5.41, 5.74) is 6.10. The van der Waals surface area contributed by atoms with E-state index in [1.807, 2.05) is 0 Å². The number of oxime groups is 1. The van der Waals surface area contributed by atoms with Crippen LogP contribution >= 0.6 is 11.6 Å². The molecule has 0 saturated carbocycles. The van der Waals surface area contributed by atoms with Crippen LogP contribution in [0, 0.1) is 0 Å². The Morgan fingerprint density at radius 2 is 2.17 bits per heavy atom. The van der Waals surface area contributed by atoms with Crippen molar-refractivity contribution in [3.63, 3.8) is 0 Å². The Labute approximate surface area is 110 Å². The molecule has 0 spiro atoms. The second kappa shape index (κ2) is 5.93. The van der Waals surface area contributed by atoms with Gasteiger partial charge in [0.25, 0.3) is 0 Å². The molecule has 1 aliphatic rings. The van der Waals surface area contributed by atoms with Crippen LogP contribution in [0.3, 0.4) is 0 Å². The first-order valence-corrected chi connectivity index (χ1v) is 6.10. The van der Waals surface area contributed by atoms with Crippen molar-refractivity contribution in [1.29, 1.82) is 0 Å². The maximum absolute atomic E-state index is 8.75. The first-order chi connectivity index (χ1) is 8.70. The maximum atomic E-state index is 8.75. The van der Waals surface area contributed by atoms with Gasteiger partial charge < -0.3 is 20.4 Å². The minimum atomic E-state index is -0.0143. The van der Waals surface area contributed by atoms with Crippen LogP contribution in [0.5, 0.6) is 5.75 Å². The van der Waals surface area contributed by atoms with E-state index in [0.29, 0.717) is 29.5 Å². The van der Waals surface area contributed by atoms with Crippen molar-refractivity contribution in [3.8, 4) is 5.75 Å². The van der Waals surface area contributed by atoms with Crippen molar-refractivity contribution in [2.45, 2.75) is 18.9 Å². The average Bonchev–Trinajstić information content (AvgIpc) is 2.41. The molecule has 2 rings (SSSR count). The summed E-state index contributed by atoms with van der Waals surface area (Å²) in [6.07, 6.45) is 1.75. The standard InChI is InChI=1S/C12H15ClN2O3/c13-8-1-2-11(10(7-8)12(14)15-16)18-9-3-5-17-6-4-9/h1-2,7,9,16H,3-6H2,(H2,14,15). The summed E-state index contributed by atoms with van der Waals surface area (Å²) < 4.78 is 11.1. The van der Waals surface area contributed by atoms with E-state index in [1.54, 1.807) is 18.2 Å². The predicted octanol–water partition coefficient (Wildman–Crippen LogP) is 1.99. The molecule has 5 nitrogen and oxygen atoms in total. The van der Waals surface area contributed by atoms with Crippen molar-refractivity contribution in [1.82, 2.24) is 0 Å². The van der Waals surface area contributed by atoms with Gasteiger partial charge in [-0.05, 0) is 18.2 Å². The second-order valence-corrected chi connectivity index (χ2v) is 4.49. The van der Waals surface area contributed by atoms with Gasteiger partial charge in [-0.2, -0.15) is 0 Å². The zero-order valence-electron chi connectivity index (χ0n) is 9.80. The summed E-state index contributed by atoms with van der Waals surface area (Å²) in [7, 11) is 0. The lowest BCUT2D eigenvalue weighted by Crippen LogP contribution is -2.27. The minimum Gasteiger partial charge on any atom is -0.489 e. The fraction of sp³-hybridized carbons (Fsp3) is 0.417. The second-order valence-electron chi connectivity index (χ2n) is 4.06. The van der Waals surface area contributed by atoms with Gasteiger partial charge in [-0.1, -0.05) is 16.8 Å². The van der Waals surface area contributed by atoms with Crippen molar-refractivity contribution >= 4 is 17.4 Å². The first kappa shape index (κ1) is 13.0. The van der Waals surface area contributed by atoms with Gasteiger partial charge in [0, 0.05) is 17.9 Å². The van der Waals surface area contributed by atoms with Crippen LogP contribution in [0.25, 0.3) is 0 Å². The Morgan fingerprint density at radius 1 is 1.44 bits per heavy atom. The fourth-order valence-corrected chi connectivity index (χ4v) is 2.00. The highest BCUT2D eigenvalue weighted by Gasteiger charge is 2.18. The highest BCUT2D eigenvalue weighted by atomic mass is 35.5. The Bertz CT molecular complexity index is 445. The zero-order valence-corrected chi connectivity index (χ0v) is 10.6. The normalized spacial score (nSPS) is 17.7. The lowest BCUT2D eigenvalue weighted by molar-refractivity contribution is 0.0255. The minimum absolute atomic E-state index is 0.0143. The molecule has 0 aliphatic carbocycles. The number of amidine groups is 1. The zero-order chi connectivity index (χ0) is 13.0. The molecule has 1 aromatic rings. The monoisotopic (exact) mass is 270 g/mol. The molecule has 1 aliphatic heterocycles. The number of benzene rings is 1. The van der Waals surface area contributed by atoms with Crippen LogP contribution in [-0.2, 0) is 4.74 Å². The summed E-state index contributed by atoms with van der Waals surface area (Å²) in [5.74, 6) is 0.557. The molecule has 1 aromatic carbocycles. The molecule has 1 fully saturated rings. The molecule has 0 radical (unpaired) electrons. The van der Waals surface area contributed by atoms with E-state index in [9.17, 15) is 0 Å². The van der Waals surface area contributed by atoms with Gasteiger partial charge in [-0.15, -0.1) is 0 Å². The third-order valence-corrected chi connectivity index (χ3v) is 3.02. The molecular weight excluding hydrogens is 256 g/mol. The fourth-order valence-electron chi connectivity index (χ4n) is 1.83. The van der Waals surface area contributed by atoms with Gasteiger partial charge in [0.15, 0.2) is 5.84 Å². The summed E-state index contributed by atoms with van der Waals surface area (Å²) in [6.45, 7) is 1.38. The van der Waals surface area contributed by atoms with Gasteiger partial charge in [-0.25, -0.2) is 0 Å². The molecule has 3 N–H and O–H groups in total. The van der Waals surface area contributed by atoms with Gasteiger partial charge in [0.2, 0.25) is 0 Å². The van der Waals surface area contributed by atoms with Gasteiger partial charge in [0.1, 0.15) is 11.9 Å². The van der Waals surface area contributed by atoms with E-state index < -0.39 is 0 Å². The Morgan fingerprint density at radius 3 is 2.83 bits per heavy atom. The van der Waals surface area contributed by atoms with Gasteiger partial charge >= 0.3 is 0 Å². The molecule has 0 unspecified atom stereocenters. The molecule has 1 saturated heterocycles. The molecule has 0 amide bonds. The number of ether oxygens (including phenoxy) is 2. The SMILES string of the molecule is NC(=NO)c1cc(Cl)ccc1OC1CCOCC1. The number of rotatable bonds is 3. The largest absolute Gasteiger partial charge is 0.489 e. The van der Waals surface area contributed by atoms with E-state index >= 15 is 0 Å². The molecular formula is C12H15ClN2O3. The van der Waals surface area contributed by atoms with Gasteiger partial charge in [-0.3, -0.25) is 0 Å². The predicted molar refractivity (Wildman–Crippen MR) is 68.4 cm³/mol. The summed E-state index contributed by atoms with van der Waals surface area (Å²) in [6, 6.07) is 5.06. The number of hydrogen-bond acceptors (Lipinski definition) is 4. The lowest BCUT2D eigenvalue weighted by Gasteiger charge is -2.24. The van der Waals surface area contributed by atoms with Crippen LogP contribution < -0.4 is 10.5 Å². The molecule has 1 heterocycles. The number of nitrogens with two attached hydrogens (primary N) is 1. The molecule has 6 heteroatoms. The molecule has 18 heavy (non-hydrogen) atoms. The highest BCUT2D eigenvalue weighted by molar-refractivity contribution is 6.31. The quantitative estimate of drug-likeness (QED) is 0.381. The number of hydrogen-bond donors (Lipinski definition) is 2. The van der Waals surface area contributed by atoms with Crippen LogP contribution in [0.4, 0.5) is 0 Å². The van der Waals surface area contributed by atoms with Crippen molar-refractivity contribution in [2.24, 2.45) is 10.9 Å². The molecule has 0 atom stereocenters. The highest BCUT2D eigenvalue weighted by Crippen LogP contribution is 2.25. The topological polar surface area (TPSA) is 77.1 Å². The average molecular weight is 271 g/mol. The molecule has 0 aromatic heterocycles. The molecule has 0 bridgehead atoms. The maximum Gasteiger partial charge on any atom is 0.173 e. The summed E-state index contributed by atoms with van der Waals surface area (Å²) in [5, 5.41) is 12.2. The number of halogens is 1. The van der Waals surface area contributed by atoms with E-state index in [4.69, 9.17) is 32.0 Å². The van der Waals surface area contributed by atoms with E-state index in [-0.39, 0.29) is 11.9 Å². The smallest absolute Gasteiger partial charge is 0.173 e. The summed E-state index contributed by atoms with van der Waals surface area (Å²) >= 11 is 5.89. The molecule has 98 valence electrons. The van der Waals surface area contributed by atoms with Crippen molar-refractivity contribution in [3.05, 3.63) is 28.8 Å². The van der Waals surface area contributed by atoms with Gasteiger partial charge in [0.05, 0.1) is 18.8 Å². The van der Waals surface area contributed by atoms with Crippen LogP contribution in [-0.4, -0.2) is 30.4 Å².